The highest BCUT2D eigenvalue weighted by atomic mass is 32.2. The lowest BCUT2D eigenvalue weighted by Crippen LogP contribution is -2.09. The second kappa shape index (κ2) is 4.45. The molecule has 0 aliphatic heterocycles. The fraction of sp³-hybridized carbons (Fsp3) is 0.100. The molecule has 4 nitrogen and oxygen atoms in total. The fourth-order valence-corrected chi connectivity index (χ4v) is 1.95. The van der Waals surface area contributed by atoms with E-state index in [0.29, 0.717) is 11.3 Å². The second-order valence-corrected chi connectivity index (χ2v) is 4.60. The summed E-state index contributed by atoms with van der Waals surface area (Å²) < 4.78 is 37.6. The zero-order valence-corrected chi connectivity index (χ0v) is 9.79. The van der Waals surface area contributed by atoms with E-state index in [0.717, 1.165) is 4.68 Å². The summed E-state index contributed by atoms with van der Waals surface area (Å²) in [6, 6.07) is 5.77. The molecule has 0 radical (unpaired) electrons. The van der Waals surface area contributed by atoms with E-state index in [2.05, 4.69) is 4.98 Å². The molecule has 0 unspecified atom stereocenters. The molecule has 0 spiro atoms. The maximum Gasteiger partial charge on any atom is 0.446 e. The first-order valence-electron chi connectivity index (χ1n) is 4.81. The number of hydrogen-bond acceptors (Lipinski definition) is 4. The Morgan fingerprint density at radius 1 is 1.17 bits per heavy atom. The largest absolute Gasteiger partial charge is 0.446 e. The Morgan fingerprint density at radius 3 is 2.22 bits per heavy atom. The van der Waals surface area contributed by atoms with Crippen LogP contribution in [0, 0.1) is 0 Å². The van der Waals surface area contributed by atoms with Crippen molar-refractivity contribution in [1.29, 1.82) is 0 Å². The van der Waals surface area contributed by atoms with Crippen LogP contribution in [0.3, 0.4) is 0 Å². The molecule has 18 heavy (non-hydrogen) atoms. The minimum atomic E-state index is -4.29. The third-order valence-corrected chi connectivity index (χ3v) is 2.93. The first kappa shape index (κ1) is 12.6. The summed E-state index contributed by atoms with van der Waals surface area (Å²) in [5.41, 5.74) is 2.43. The fourth-order valence-electron chi connectivity index (χ4n) is 1.41. The molecule has 0 bridgehead atoms. The zero-order valence-electron chi connectivity index (χ0n) is 8.98. The quantitative estimate of drug-likeness (QED) is 0.652. The summed E-state index contributed by atoms with van der Waals surface area (Å²) in [7, 11) is 0. The SMILES string of the molecule is Nc1c(-c2ccc(SC(F)(F)F)cc2)ncn1N. The average molecular weight is 274 g/mol. The third kappa shape index (κ3) is 2.70. The summed E-state index contributed by atoms with van der Waals surface area (Å²) in [6.45, 7) is 0. The number of thioether (sulfide) groups is 1. The van der Waals surface area contributed by atoms with Gasteiger partial charge in [0, 0.05) is 10.5 Å². The number of nitrogen functional groups attached to an aromatic ring is 2. The van der Waals surface area contributed by atoms with Crippen molar-refractivity contribution < 1.29 is 13.2 Å². The Balaban J connectivity index is 2.25. The van der Waals surface area contributed by atoms with Gasteiger partial charge in [-0.1, -0.05) is 12.1 Å². The molecule has 2 rings (SSSR count). The maximum absolute atomic E-state index is 12.1. The van der Waals surface area contributed by atoms with E-state index < -0.39 is 5.51 Å². The number of hydrogen-bond donors (Lipinski definition) is 2. The van der Waals surface area contributed by atoms with E-state index in [1.54, 1.807) is 0 Å². The van der Waals surface area contributed by atoms with Crippen LogP contribution in [0.15, 0.2) is 35.5 Å². The van der Waals surface area contributed by atoms with Crippen molar-refractivity contribution in [1.82, 2.24) is 9.66 Å². The minimum absolute atomic E-state index is 0.108. The molecular formula is C10H9F3N4S. The van der Waals surface area contributed by atoms with Crippen molar-refractivity contribution in [3.8, 4) is 11.3 Å². The molecule has 4 N–H and O–H groups in total. The lowest BCUT2D eigenvalue weighted by molar-refractivity contribution is -0.0328. The molecule has 0 aliphatic carbocycles. The van der Waals surface area contributed by atoms with Crippen molar-refractivity contribution in [2.45, 2.75) is 10.4 Å². The highest BCUT2D eigenvalue weighted by Crippen LogP contribution is 2.37. The number of nitrogens with two attached hydrogens (primary N) is 2. The van der Waals surface area contributed by atoms with Crippen LogP contribution in [0.5, 0.6) is 0 Å². The zero-order chi connectivity index (χ0) is 13.3. The molecule has 0 saturated carbocycles. The first-order chi connectivity index (χ1) is 8.37. The van der Waals surface area contributed by atoms with Gasteiger partial charge in [0.25, 0.3) is 0 Å². The van der Waals surface area contributed by atoms with E-state index in [1.165, 1.54) is 30.6 Å². The molecule has 0 aliphatic rings. The number of aromatic nitrogens is 2. The van der Waals surface area contributed by atoms with Crippen molar-refractivity contribution >= 4 is 17.6 Å². The van der Waals surface area contributed by atoms with Crippen LogP contribution < -0.4 is 11.6 Å². The normalized spacial score (nSPS) is 11.7. The van der Waals surface area contributed by atoms with Gasteiger partial charge >= 0.3 is 5.51 Å². The topological polar surface area (TPSA) is 69.9 Å². The molecule has 0 atom stereocenters. The van der Waals surface area contributed by atoms with Crippen molar-refractivity contribution in [3.05, 3.63) is 30.6 Å². The van der Waals surface area contributed by atoms with Gasteiger partial charge in [0.2, 0.25) is 0 Å². The van der Waals surface area contributed by atoms with Crippen LogP contribution in [0.4, 0.5) is 19.0 Å². The van der Waals surface area contributed by atoms with E-state index >= 15 is 0 Å². The van der Waals surface area contributed by atoms with Crippen LogP contribution in [0.2, 0.25) is 0 Å². The predicted octanol–water partition coefficient (Wildman–Crippen LogP) is 2.46. The van der Waals surface area contributed by atoms with Gasteiger partial charge in [0.1, 0.15) is 17.8 Å². The van der Waals surface area contributed by atoms with Crippen LogP contribution in [0.1, 0.15) is 0 Å². The number of rotatable bonds is 2. The standard InChI is InChI=1S/C10H9F3N4S/c11-10(12,13)18-7-3-1-6(2-4-7)8-9(14)17(15)5-16-8/h1-5H,14-15H2. The van der Waals surface area contributed by atoms with E-state index in [-0.39, 0.29) is 22.5 Å². The van der Waals surface area contributed by atoms with E-state index in [4.69, 9.17) is 11.6 Å². The molecule has 0 fully saturated rings. The summed E-state index contributed by atoms with van der Waals surface area (Å²) in [5, 5.41) is 0. The smallest absolute Gasteiger partial charge is 0.382 e. The molecule has 96 valence electrons. The molecule has 8 heteroatoms. The van der Waals surface area contributed by atoms with Gasteiger partial charge in [0.15, 0.2) is 0 Å². The van der Waals surface area contributed by atoms with Gasteiger partial charge in [-0.05, 0) is 23.9 Å². The molecule has 2 aromatic rings. The van der Waals surface area contributed by atoms with Crippen LogP contribution in [0.25, 0.3) is 11.3 Å². The number of nitrogens with zero attached hydrogens (tertiary/aromatic N) is 2. The summed E-state index contributed by atoms with van der Waals surface area (Å²) in [5.74, 6) is 5.72. The lowest BCUT2D eigenvalue weighted by atomic mass is 10.1. The second-order valence-electron chi connectivity index (χ2n) is 3.46. The Hall–Kier alpha value is -1.83. The number of alkyl halides is 3. The Morgan fingerprint density at radius 2 is 1.78 bits per heavy atom. The maximum atomic E-state index is 12.1. The van der Waals surface area contributed by atoms with Gasteiger partial charge in [0.05, 0.1) is 0 Å². The van der Waals surface area contributed by atoms with Gasteiger partial charge in [-0.3, -0.25) is 0 Å². The monoisotopic (exact) mass is 274 g/mol. The number of anilines is 1. The number of benzene rings is 1. The van der Waals surface area contributed by atoms with Crippen molar-refractivity contribution in [2.75, 3.05) is 11.6 Å². The van der Waals surface area contributed by atoms with Gasteiger partial charge < -0.3 is 11.6 Å². The van der Waals surface area contributed by atoms with Crippen LogP contribution >= 0.6 is 11.8 Å². The molecule has 0 amide bonds. The molecule has 0 saturated heterocycles. The number of imidazole rings is 1. The highest BCUT2D eigenvalue weighted by Gasteiger charge is 2.29. The molecule has 1 heterocycles. The molecule has 1 aromatic heterocycles. The Bertz CT molecular complexity index is 547. The number of halogens is 3. The summed E-state index contributed by atoms with van der Waals surface area (Å²) in [4.78, 5) is 4.08. The predicted molar refractivity (Wildman–Crippen MR) is 64.1 cm³/mol. The first-order valence-corrected chi connectivity index (χ1v) is 5.62. The van der Waals surface area contributed by atoms with E-state index in [9.17, 15) is 13.2 Å². The third-order valence-electron chi connectivity index (χ3n) is 2.19. The van der Waals surface area contributed by atoms with Crippen molar-refractivity contribution in [3.63, 3.8) is 0 Å². The highest BCUT2D eigenvalue weighted by molar-refractivity contribution is 8.00. The van der Waals surface area contributed by atoms with Crippen LogP contribution in [-0.4, -0.2) is 15.2 Å². The summed E-state index contributed by atoms with van der Waals surface area (Å²) in [6.07, 6.45) is 1.34. The van der Waals surface area contributed by atoms with Crippen LogP contribution in [-0.2, 0) is 0 Å². The average Bonchev–Trinajstić information content (AvgIpc) is 2.59. The Kier molecular flexibility index (Phi) is 3.12. The summed E-state index contributed by atoms with van der Waals surface area (Å²) >= 11 is -0.168. The molecule has 1 aromatic carbocycles. The molecular weight excluding hydrogens is 265 g/mol. The van der Waals surface area contributed by atoms with Gasteiger partial charge in [-0.15, -0.1) is 0 Å². The lowest BCUT2D eigenvalue weighted by Gasteiger charge is -2.06. The van der Waals surface area contributed by atoms with Gasteiger partial charge in [-0.2, -0.15) is 13.2 Å². The van der Waals surface area contributed by atoms with E-state index in [1.807, 2.05) is 0 Å². The van der Waals surface area contributed by atoms with Gasteiger partial charge in [-0.25, -0.2) is 9.66 Å². The Labute approximate surface area is 105 Å². The van der Waals surface area contributed by atoms with Crippen molar-refractivity contribution in [2.24, 2.45) is 0 Å². The minimum Gasteiger partial charge on any atom is -0.382 e.